The Morgan fingerprint density at radius 3 is 2.41 bits per heavy atom. The van der Waals surface area contributed by atoms with Crippen LogP contribution in [0.25, 0.3) is 11.3 Å². The van der Waals surface area contributed by atoms with Gasteiger partial charge in [-0.25, -0.2) is 22.8 Å². The number of carbonyl (C=O) groups is 1. The molecule has 4 N–H and O–H groups in total. The molecule has 0 unspecified atom stereocenters. The fraction of sp³-hybridized carbons (Fsp3) is 0.440. The van der Waals surface area contributed by atoms with Crippen LogP contribution in [-0.2, 0) is 27.5 Å². The van der Waals surface area contributed by atoms with Gasteiger partial charge in [0.2, 0.25) is 16.0 Å². The van der Waals surface area contributed by atoms with Crippen LogP contribution in [0.15, 0.2) is 36.8 Å². The molecule has 1 saturated carbocycles. The van der Waals surface area contributed by atoms with Crippen molar-refractivity contribution >= 4 is 33.3 Å². The third-order valence-corrected chi connectivity index (χ3v) is 8.36. The summed E-state index contributed by atoms with van der Waals surface area (Å²) in [5, 5.41) is 24.7. The van der Waals surface area contributed by atoms with Crippen LogP contribution in [0.2, 0.25) is 0 Å². The standard InChI is InChI=1S/C25H28F4N6O5S/c1-24(2,38)13-35-12-15(10-31-35)21-18(25(27,28)29)11-30-23(33-21)32-20-8-5-16(9-19(20)26)34-41(39,40)17-6-3-14(4-7-17)22(36)37/h5,8-12,14,17,34,38H,3-4,6-7,13H2,1-2H3,(H,36,37)(H,30,32,33). The smallest absolute Gasteiger partial charge is 0.419 e. The predicted molar refractivity (Wildman–Crippen MR) is 140 cm³/mol. The third kappa shape index (κ3) is 7.49. The molecule has 0 radical (unpaired) electrons. The van der Waals surface area contributed by atoms with Gasteiger partial charge in [-0.2, -0.15) is 18.3 Å². The highest BCUT2D eigenvalue weighted by Gasteiger charge is 2.36. The second-order valence-electron chi connectivity index (χ2n) is 10.5. The molecule has 0 aliphatic heterocycles. The quantitative estimate of drug-likeness (QED) is 0.261. The Labute approximate surface area is 232 Å². The molecule has 0 amide bonds. The number of hydrogen-bond acceptors (Lipinski definition) is 8. The summed E-state index contributed by atoms with van der Waals surface area (Å²) in [7, 11) is -3.92. The van der Waals surface area contributed by atoms with Gasteiger partial charge in [0, 0.05) is 24.0 Å². The summed E-state index contributed by atoms with van der Waals surface area (Å²) in [5.74, 6) is -2.85. The lowest BCUT2D eigenvalue weighted by Gasteiger charge is -2.26. The van der Waals surface area contributed by atoms with Crippen LogP contribution in [0.1, 0.15) is 45.1 Å². The number of aromatic nitrogens is 4. The van der Waals surface area contributed by atoms with Gasteiger partial charge in [0.15, 0.2) is 0 Å². The molecule has 0 bridgehead atoms. The maximum absolute atomic E-state index is 14.9. The number of benzene rings is 1. The van der Waals surface area contributed by atoms with E-state index in [2.05, 4.69) is 25.1 Å². The van der Waals surface area contributed by atoms with Crippen LogP contribution >= 0.6 is 0 Å². The summed E-state index contributed by atoms with van der Waals surface area (Å²) in [6.07, 6.45) is -1.07. The largest absolute Gasteiger partial charge is 0.481 e. The number of nitrogens with one attached hydrogen (secondary N) is 2. The third-order valence-electron chi connectivity index (χ3n) is 6.49. The second kappa shape index (κ2) is 11.2. The van der Waals surface area contributed by atoms with Crippen molar-refractivity contribution < 1.29 is 41.0 Å². The Hall–Kier alpha value is -3.79. The maximum Gasteiger partial charge on any atom is 0.419 e. The fourth-order valence-corrected chi connectivity index (χ4v) is 6.02. The Bertz CT molecular complexity index is 1530. The van der Waals surface area contributed by atoms with Crippen LogP contribution in [0.4, 0.5) is 34.9 Å². The van der Waals surface area contributed by atoms with Crippen molar-refractivity contribution in [2.45, 2.75) is 63.1 Å². The van der Waals surface area contributed by atoms with Gasteiger partial charge in [-0.1, -0.05) is 0 Å². The van der Waals surface area contributed by atoms with Gasteiger partial charge in [-0.05, 0) is 51.7 Å². The molecule has 1 aliphatic carbocycles. The van der Waals surface area contributed by atoms with E-state index in [-0.39, 0.29) is 55.1 Å². The first-order valence-electron chi connectivity index (χ1n) is 12.5. The molecule has 41 heavy (non-hydrogen) atoms. The van der Waals surface area contributed by atoms with Crippen LogP contribution in [0.5, 0.6) is 0 Å². The van der Waals surface area contributed by atoms with Crippen molar-refractivity contribution in [3.63, 3.8) is 0 Å². The average Bonchev–Trinajstić information content (AvgIpc) is 3.31. The number of halogens is 4. The number of alkyl halides is 3. The average molecular weight is 601 g/mol. The minimum atomic E-state index is -4.80. The van der Waals surface area contributed by atoms with E-state index in [0.29, 0.717) is 6.20 Å². The lowest BCUT2D eigenvalue weighted by Crippen LogP contribution is -2.33. The molecule has 3 aromatic rings. The molecule has 1 aromatic carbocycles. The fourth-order valence-electron chi connectivity index (χ4n) is 4.51. The minimum Gasteiger partial charge on any atom is -0.481 e. The molecular weight excluding hydrogens is 572 g/mol. The first kappa shape index (κ1) is 30.2. The van der Waals surface area contributed by atoms with Gasteiger partial charge in [0.25, 0.3) is 0 Å². The summed E-state index contributed by atoms with van der Waals surface area (Å²) in [6, 6.07) is 3.34. The zero-order chi connectivity index (χ0) is 30.2. The normalized spacial score (nSPS) is 18.2. The zero-order valence-corrected chi connectivity index (χ0v) is 22.8. The Morgan fingerprint density at radius 1 is 1.15 bits per heavy atom. The van der Waals surface area contributed by atoms with Crippen LogP contribution < -0.4 is 10.0 Å². The number of carboxylic acids is 1. The minimum absolute atomic E-state index is 0.00496. The van der Waals surface area contributed by atoms with Gasteiger partial charge in [-0.15, -0.1) is 0 Å². The van der Waals surface area contributed by atoms with Gasteiger partial charge >= 0.3 is 12.1 Å². The number of aliphatic carboxylic acids is 1. The van der Waals surface area contributed by atoms with Gasteiger partial charge in [0.05, 0.1) is 46.6 Å². The summed E-state index contributed by atoms with van der Waals surface area (Å²) in [4.78, 5) is 18.7. The number of sulfonamides is 1. The van der Waals surface area contributed by atoms with Crippen molar-refractivity contribution in [3.8, 4) is 11.3 Å². The predicted octanol–water partition coefficient (Wildman–Crippen LogP) is 4.40. The van der Waals surface area contributed by atoms with Crippen molar-refractivity contribution in [2.24, 2.45) is 5.92 Å². The van der Waals surface area contributed by atoms with E-state index in [1.807, 2.05) is 0 Å². The van der Waals surface area contributed by atoms with Crippen LogP contribution in [0.3, 0.4) is 0 Å². The van der Waals surface area contributed by atoms with E-state index in [9.17, 15) is 35.9 Å². The number of carboxylic acid groups (broad SMARTS) is 1. The van der Waals surface area contributed by atoms with Crippen molar-refractivity contribution in [2.75, 3.05) is 10.0 Å². The molecule has 2 aromatic heterocycles. The number of hydrogen-bond donors (Lipinski definition) is 4. The van der Waals surface area contributed by atoms with E-state index in [1.165, 1.54) is 36.9 Å². The SMILES string of the molecule is CC(C)(O)Cn1cc(-c2nc(Nc3ccc(NS(=O)(=O)C4CCC(C(=O)O)CC4)cc3F)ncc2C(F)(F)F)cn1. The summed E-state index contributed by atoms with van der Waals surface area (Å²) in [6.45, 7) is 3.04. The van der Waals surface area contributed by atoms with E-state index < -0.39 is 56.0 Å². The molecule has 0 atom stereocenters. The molecule has 2 heterocycles. The van der Waals surface area contributed by atoms with E-state index in [1.54, 1.807) is 0 Å². The maximum atomic E-state index is 14.9. The summed E-state index contributed by atoms with van der Waals surface area (Å²) < 4.78 is 85.1. The number of rotatable bonds is 9. The number of anilines is 3. The van der Waals surface area contributed by atoms with Crippen molar-refractivity contribution in [1.29, 1.82) is 0 Å². The molecule has 0 spiro atoms. The first-order chi connectivity index (χ1) is 19.0. The van der Waals surface area contributed by atoms with Crippen molar-refractivity contribution in [3.05, 3.63) is 48.2 Å². The molecule has 16 heteroatoms. The lowest BCUT2D eigenvalue weighted by atomic mass is 9.89. The summed E-state index contributed by atoms with van der Waals surface area (Å²) in [5.41, 5.74) is -3.14. The highest BCUT2D eigenvalue weighted by Crippen LogP contribution is 2.37. The number of aliphatic hydroxyl groups is 1. The highest BCUT2D eigenvalue weighted by molar-refractivity contribution is 7.93. The molecule has 1 aliphatic rings. The van der Waals surface area contributed by atoms with Crippen LogP contribution in [0, 0.1) is 11.7 Å². The van der Waals surface area contributed by atoms with E-state index in [0.717, 1.165) is 12.3 Å². The van der Waals surface area contributed by atoms with Crippen molar-refractivity contribution in [1.82, 2.24) is 19.7 Å². The zero-order valence-electron chi connectivity index (χ0n) is 22.0. The molecular formula is C25H28F4N6O5S. The van der Waals surface area contributed by atoms with E-state index in [4.69, 9.17) is 5.11 Å². The Balaban J connectivity index is 1.53. The van der Waals surface area contributed by atoms with Crippen LogP contribution in [-0.4, -0.2) is 55.2 Å². The van der Waals surface area contributed by atoms with Gasteiger partial charge in [-0.3, -0.25) is 14.2 Å². The lowest BCUT2D eigenvalue weighted by molar-refractivity contribution is -0.142. The molecule has 1 fully saturated rings. The number of nitrogens with zero attached hydrogens (tertiary/aromatic N) is 4. The summed E-state index contributed by atoms with van der Waals surface area (Å²) >= 11 is 0. The van der Waals surface area contributed by atoms with Gasteiger partial charge < -0.3 is 15.5 Å². The first-order valence-corrected chi connectivity index (χ1v) is 14.1. The Kier molecular flexibility index (Phi) is 8.27. The highest BCUT2D eigenvalue weighted by atomic mass is 32.2. The van der Waals surface area contributed by atoms with E-state index >= 15 is 0 Å². The Morgan fingerprint density at radius 2 is 1.83 bits per heavy atom. The topological polar surface area (TPSA) is 159 Å². The monoisotopic (exact) mass is 600 g/mol. The molecule has 0 saturated heterocycles. The van der Waals surface area contributed by atoms with Gasteiger partial charge in [0.1, 0.15) is 11.4 Å². The second-order valence-corrected chi connectivity index (χ2v) is 12.4. The molecule has 11 nitrogen and oxygen atoms in total. The molecule has 222 valence electrons. The molecule has 4 rings (SSSR count).